The lowest BCUT2D eigenvalue weighted by atomic mass is 9.78. The van der Waals surface area contributed by atoms with Gasteiger partial charge in [0, 0.05) is 11.6 Å². The van der Waals surface area contributed by atoms with E-state index in [0.29, 0.717) is 0 Å². The van der Waals surface area contributed by atoms with Crippen LogP contribution in [0.5, 0.6) is 0 Å². The molecule has 0 heterocycles. The maximum atomic E-state index is 11.9. The molecule has 4 nitrogen and oxygen atoms in total. The molecule has 1 atom stereocenters. The highest BCUT2D eigenvalue weighted by molar-refractivity contribution is 5.69. The molecule has 18 heavy (non-hydrogen) atoms. The first-order valence-electron chi connectivity index (χ1n) is 6.93. The number of alkyl carbamates (subject to hydrolysis) is 1. The number of rotatable bonds is 2. The summed E-state index contributed by atoms with van der Waals surface area (Å²) in [4.78, 5) is 11.9. The molecule has 104 valence electrons. The SMILES string of the molecule is C[C@H](N)C12CCC(NC(=O)OC(C)(C)C)(CC1)C2. The summed E-state index contributed by atoms with van der Waals surface area (Å²) in [6, 6.07) is 0.210. The van der Waals surface area contributed by atoms with Gasteiger partial charge in [-0.15, -0.1) is 0 Å². The monoisotopic (exact) mass is 254 g/mol. The number of carbonyl (C=O) groups is 1. The summed E-state index contributed by atoms with van der Waals surface area (Å²) in [5, 5.41) is 3.10. The molecule has 1 amide bonds. The van der Waals surface area contributed by atoms with Crippen molar-refractivity contribution in [1.29, 1.82) is 0 Å². The van der Waals surface area contributed by atoms with Gasteiger partial charge in [0.15, 0.2) is 0 Å². The average molecular weight is 254 g/mol. The van der Waals surface area contributed by atoms with Crippen molar-refractivity contribution in [2.75, 3.05) is 0 Å². The fourth-order valence-electron chi connectivity index (χ4n) is 3.56. The van der Waals surface area contributed by atoms with E-state index >= 15 is 0 Å². The molecule has 0 aromatic heterocycles. The summed E-state index contributed by atoms with van der Waals surface area (Å²) in [5.41, 5.74) is 5.87. The van der Waals surface area contributed by atoms with E-state index in [1.807, 2.05) is 20.8 Å². The van der Waals surface area contributed by atoms with Crippen molar-refractivity contribution >= 4 is 6.09 Å². The molecule has 4 heteroatoms. The molecule has 0 saturated heterocycles. The van der Waals surface area contributed by atoms with E-state index in [0.717, 1.165) is 32.1 Å². The molecular formula is C14H26N2O2. The van der Waals surface area contributed by atoms with Crippen LogP contribution in [0.3, 0.4) is 0 Å². The number of nitrogens with one attached hydrogen (secondary N) is 1. The van der Waals surface area contributed by atoms with Gasteiger partial charge in [0.05, 0.1) is 0 Å². The van der Waals surface area contributed by atoms with Gasteiger partial charge in [-0.2, -0.15) is 0 Å². The molecule has 2 fully saturated rings. The van der Waals surface area contributed by atoms with Crippen molar-refractivity contribution in [2.45, 2.75) is 77.0 Å². The van der Waals surface area contributed by atoms with Crippen molar-refractivity contribution in [3.63, 3.8) is 0 Å². The van der Waals surface area contributed by atoms with E-state index in [4.69, 9.17) is 10.5 Å². The number of amides is 1. The highest BCUT2D eigenvalue weighted by atomic mass is 16.6. The minimum atomic E-state index is -0.434. The fourth-order valence-corrected chi connectivity index (χ4v) is 3.56. The number of ether oxygens (including phenoxy) is 1. The second-order valence-corrected chi connectivity index (χ2v) is 7.24. The lowest BCUT2D eigenvalue weighted by molar-refractivity contribution is 0.0458. The van der Waals surface area contributed by atoms with E-state index in [9.17, 15) is 4.79 Å². The van der Waals surface area contributed by atoms with Gasteiger partial charge in [-0.05, 0) is 65.2 Å². The average Bonchev–Trinajstić information content (AvgIpc) is 2.70. The third kappa shape index (κ3) is 2.48. The third-order valence-electron chi connectivity index (χ3n) is 4.63. The quantitative estimate of drug-likeness (QED) is 0.796. The molecule has 2 bridgehead atoms. The number of fused-ring (bicyclic) bond motifs is 2. The van der Waals surface area contributed by atoms with Crippen molar-refractivity contribution in [1.82, 2.24) is 5.32 Å². The summed E-state index contributed by atoms with van der Waals surface area (Å²) in [6.07, 6.45) is 5.05. The van der Waals surface area contributed by atoms with Gasteiger partial charge in [0.25, 0.3) is 0 Å². The molecule has 2 aliphatic rings. The Morgan fingerprint density at radius 3 is 2.22 bits per heavy atom. The minimum absolute atomic E-state index is 0.0596. The Labute approximate surface area is 110 Å². The van der Waals surface area contributed by atoms with Gasteiger partial charge in [-0.3, -0.25) is 0 Å². The van der Waals surface area contributed by atoms with Gasteiger partial charge in [0.1, 0.15) is 5.60 Å². The largest absolute Gasteiger partial charge is 0.444 e. The van der Waals surface area contributed by atoms with E-state index in [1.165, 1.54) is 0 Å². The Morgan fingerprint density at radius 2 is 1.83 bits per heavy atom. The van der Waals surface area contributed by atoms with Crippen LogP contribution in [-0.2, 0) is 4.74 Å². The van der Waals surface area contributed by atoms with Gasteiger partial charge in [-0.25, -0.2) is 4.79 Å². The Bertz CT molecular complexity index is 336. The lowest BCUT2D eigenvalue weighted by Gasteiger charge is -2.31. The maximum absolute atomic E-state index is 11.9. The Hall–Kier alpha value is -0.770. The molecule has 0 spiro atoms. The van der Waals surface area contributed by atoms with Crippen molar-refractivity contribution in [3.05, 3.63) is 0 Å². The molecule has 3 N–H and O–H groups in total. The number of hydrogen-bond donors (Lipinski definition) is 2. The van der Waals surface area contributed by atoms with E-state index in [1.54, 1.807) is 0 Å². The molecular weight excluding hydrogens is 228 g/mol. The topological polar surface area (TPSA) is 64.3 Å². The predicted octanol–water partition coefficient (Wildman–Crippen LogP) is 2.56. The summed E-state index contributed by atoms with van der Waals surface area (Å²) in [7, 11) is 0. The van der Waals surface area contributed by atoms with Crippen LogP contribution in [0.15, 0.2) is 0 Å². The van der Waals surface area contributed by atoms with E-state index in [-0.39, 0.29) is 23.1 Å². The van der Waals surface area contributed by atoms with E-state index in [2.05, 4.69) is 12.2 Å². The summed E-state index contributed by atoms with van der Waals surface area (Å²) >= 11 is 0. The van der Waals surface area contributed by atoms with Crippen LogP contribution in [-0.4, -0.2) is 23.3 Å². The highest BCUT2D eigenvalue weighted by Gasteiger charge is 2.56. The summed E-state index contributed by atoms with van der Waals surface area (Å²) in [6.45, 7) is 7.76. The summed E-state index contributed by atoms with van der Waals surface area (Å²) < 4.78 is 5.36. The molecule has 2 saturated carbocycles. The van der Waals surface area contributed by atoms with Crippen LogP contribution in [0.4, 0.5) is 4.79 Å². The predicted molar refractivity (Wildman–Crippen MR) is 71.3 cm³/mol. The van der Waals surface area contributed by atoms with Crippen LogP contribution in [0, 0.1) is 5.41 Å². The zero-order valence-corrected chi connectivity index (χ0v) is 12.0. The van der Waals surface area contributed by atoms with E-state index < -0.39 is 5.60 Å². The fraction of sp³-hybridized carbons (Fsp3) is 0.929. The molecule has 2 aliphatic carbocycles. The van der Waals surface area contributed by atoms with Crippen LogP contribution in [0.25, 0.3) is 0 Å². The summed E-state index contributed by atoms with van der Waals surface area (Å²) in [5.74, 6) is 0. The molecule has 0 aromatic carbocycles. The molecule has 0 aromatic rings. The van der Waals surface area contributed by atoms with Crippen LogP contribution in [0.2, 0.25) is 0 Å². The van der Waals surface area contributed by atoms with Crippen LogP contribution < -0.4 is 11.1 Å². The van der Waals surface area contributed by atoms with Gasteiger partial charge >= 0.3 is 6.09 Å². The number of carbonyl (C=O) groups excluding carboxylic acids is 1. The zero-order valence-electron chi connectivity index (χ0n) is 12.0. The Balaban J connectivity index is 1.98. The van der Waals surface area contributed by atoms with Gasteiger partial charge < -0.3 is 15.8 Å². The number of hydrogen-bond acceptors (Lipinski definition) is 3. The lowest BCUT2D eigenvalue weighted by Crippen LogP contribution is -2.47. The standard InChI is InChI=1S/C14H26N2O2/c1-10(15)13-5-7-14(9-13,8-6-13)16-11(17)18-12(2,3)4/h10H,5-9,15H2,1-4H3,(H,16,17)/t10-,13?,14?/m0/s1. The Kier molecular flexibility index (Phi) is 3.13. The highest BCUT2D eigenvalue weighted by Crippen LogP contribution is 2.57. The first kappa shape index (κ1) is 13.7. The van der Waals surface area contributed by atoms with Crippen molar-refractivity contribution in [2.24, 2.45) is 11.1 Å². The smallest absolute Gasteiger partial charge is 0.408 e. The van der Waals surface area contributed by atoms with Crippen LogP contribution in [0.1, 0.15) is 59.8 Å². The van der Waals surface area contributed by atoms with Crippen molar-refractivity contribution in [3.8, 4) is 0 Å². The van der Waals surface area contributed by atoms with Crippen LogP contribution >= 0.6 is 0 Å². The maximum Gasteiger partial charge on any atom is 0.408 e. The van der Waals surface area contributed by atoms with Gasteiger partial charge in [0.2, 0.25) is 0 Å². The molecule has 0 radical (unpaired) electrons. The first-order chi connectivity index (χ1) is 8.17. The molecule has 0 unspecified atom stereocenters. The zero-order chi connectivity index (χ0) is 13.6. The first-order valence-corrected chi connectivity index (χ1v) is 6.93. The number of nitrogens with two attached hydrogens (primary N) is 1. The van der Waals surface area contributed by atoms with Gasteiger partial charge in [-0.1, -0.05) is 0 Å². The Morgan fingerprint density at radius 1 is 1.28 bits per heavy atom. The normalized spacial score (nSPS) is 36.5. The third-order valence-corrected chi connectivity index (χ3v) is 4.63. The second kappa shape index (κ2) is 4.12. The molecule has 0 aliphatic heterocycles. The minimum Gasteiger partial charge on any atom is -0.444 e. The van der Waals surface area contributed by atoms with Crippen molar-refractivity contribution < 1.29 is 9.53 Å². The second-order valence-electron chi connectivity index (χ2n) is 7.24. The molecule has 2 rings (SSSR count).